The number of hydrogen-bond acceptors (Lipinski definition) is 6. The van der Waals surface area contributed by atoms with Crippen LogP contribution in [0.4, 0.5) is 10.7 Å². The molecule has 2 rings (SSSR count). The minimum absolute atomic E-state index is 0.617. The molecule has 0 spiro atoms. The van der Waals surface area contributed by atoms with Crippen LogP contribution in [0, 0.1) is 11.3 Å². The van der Waals surface area contributed by atoms with E-state index in [1.807, 2.05) is 6.26 Å². The van der Waals surface area contributed by atoms with Crippen molar-refractivity contribution in [2.24, 2.45) is 0 Å². The van der Waals surface area contributed by atoms with Crippen LogP contribution in [0.25, 0.3) is 0 Å². The van der Waals surface area contributed by atoms with Crippen molar-refractivity contribution in [3.8, 4) is 6.07 Å². The van der Waals surface area contributed by atoms with Crippen molar-refractivity contribution in [1.29, 1.82) is 5.26 Å². The maximum Gasteiger partial charge on any atom is 0.131 e. The standard InChI is InChI=1S/C10H13N3OS2/c1-15-9-8(12)7(6-11)16-10(9)13-2-4-14-5-3-13/h2-5,12H2,1H3. The van der Waals surface area contributed by atoms with Crippen LogP contribution in [0.5, 0.6) is 0 Å². The fourth-order valence-corrected chi connectivity index (χ4v) is 3.70. The van der Waals surface area contributed by atoms with Gasteiger partial charge in [-0.3, -0.25) is 0 Å². The van der Waals surface area contributed by atoms with Gasteiger partial charge in [-0.25, -0.2) is 0 Å². The molecule has 0 radical (unpaired) electrons. The van der Waals surface area contributed by atoms with Crippen molar-refractivity contribution in [2.45, 2.75) is 4.90 Å². The normalized spacial score (nSPS) is 16.1. The second-order valence-corrected chi connectivity index (χ2v) is 5.21. The van der Waals surface area contributed by atoms with Gasteiger partial charge in [0.15, 0.2) is 0 Å². The Bertz CT molecular complexity index is 418. The van der Waals surface area contributed by atoms with E-state index in [0.29, 0.717) is 10.6 Å². The summed E-state index contributed by atoms with van der Waals surface area (Å²) in [5, 5.41) is 10.1. The Morgan fingerprint density at radius 1 is 1.50 bits per heavy atom. The van der Waals surface area contributed by atoms with E-state index in [9.17, 15) is 0 Å². The third kappa shape index (κ3) is 1.98. The van der Waals surface area contributed by atoms with Gasteiger partial charge in [-0.2, -0.15) is 5.26 Å². The highest BCUT2D eigenvalue weighted by atomic mass is 32.2. The quantitative estimate of drug-likeness (QED) is 0.816. The Morgan fingerprint density at radius 2 is 2.19 bits per heavy atom. The predicted octanol–water partition coefficient (Wildman–Crippen LogP) is 1.76. The third-order valence-electron chi connectivity index (χ3n) is 2.49. The molecule has 86 valence electrons. The first kappa shape index (κ1) is 11.6. The molecule has 0 aliphatic carbocycles. The lowest BCUT2D eigenvalue weighted by Gasteiger charge is -2.28. The zero-order valence-electron chi connectivity index (χ0n) is 9.02. The predicted molar refractivity (Wildman–Crippen MR) is 68.3 cm³/mol. The van der Waals surface area contributed by atoms with Gasteiger partial charge >= 0.3 is 0 Å². The molecule has 4 nitrogen and oxygen atoms in total. The van der Waals surface area contributed by atoms with Crippen LogP contribution in [-0.2, 0) is 4.74 Å². The topological polar surface area (TPSA) is 62.3 Å². The lowest BCUT2D eigenvalue weighted by Crippen LogP contribution is -2.35. The monoisotopic (exact) mass is 255 g/mol. The smallest absolute Gasteiger partial charge is 0.131 e. The first-order valence-corrected chi connectivity index (χ1v) is 7.01. The molecule has 1 aliphatic heterocycles. The van der Waals surface area contributed by atoms with E-state index in [1.54, 1.807) is 11.8 Å². The molecule has 0 saturated carbocycles. The number of thiophene rings is 1. The molecule has 1 saturated heterocycles. The van der Waals surface area contributed by atoms with Crippen LogP contribution in [0.15, 0.2) is 4.90 Å². The Morgan fingerprint density at radius 3 is 2.75 bits per heavy atom. The van der Waals surface area contributed by atoms with Crippen LogP contribution < -0.4 is 10.6 Å². The molecule has 6 heteroatoms. The molecule has 1 aromatic rings. The number of nitrogens with zero attached hydrogens (tertiary/aromatic N) is 2. The Balaban J connectivity index is 2.35. The zero-order valence-corrected chi connectivity index (χ0v) is 10.7. The fraction of sp³-hybridized carbons (Fsp3) is 0.500. The average molecular weight is 255 g/mol. The second kappa shape index (κ2) is 4.95. The number of thioether (sulfide) groups is 1. The summed E-state index contributed by atoms with van der Waals surface area (Å²) in [6.07, 6.45) is 1.99. The summed E-state index contributed by atoms with van der Waals surface area (Å²) in [6, 6.07) is 2.15. The summed E-state index contributed by atoms with van der Waals surface area (Å²) >= 11 is 3.08. The van der Waals surface area contributed by atoms with E-state index < -0.39 is 0 Å². The summed E-state index contributed by atoms with van der Waals surface area (Å²) in [4.78, 5) is 3.89. The number of morpholine rings is 1. The van der Waals surface area contributed by atoms with Crippen molar-refractivity contribution in [3.05, 3.63) is 4.88 Å². The highest BCUT2D eigenvalue weighted by Gasteiger charge is 2.21. The summed E-state index contributed by atoms with van der Waals surface area (Å²) in [6.45, 7) is 3.23. The largest absolute Gasteiger partial charge is 0.396 e. The highest BCUT2D eigenvalue weighted by molar-refractivity contribution is 7.99. The number of anilines is 2. The molecule has 2 N–H and O–H groups in total. The molecule has 0 bridgehead atoms. The summed E-state index contributed by atoms with van der Waals surface area (Å²) in [7, 11) is 0. The van der Waals surface area contributed by atoms with Gasteiger partial charge in [0.1, 0.15) is 15.9 Å². The zero-order chi connectivity index (χ0) is 11.5. The lowest BCUT2D eigenvalue weighted by molar-refractivity contribution is 0.123. The maximum atomic E-state index is 8.98. The Kier molecular flexibility index (Phi) is 3.59. The van der Waals surface area contributed by atoms with Gasteiger partial charge in [-0.05, 0) is 6.26 Å². The maximum absolute atomic E-state index is 8.98. The van der Waals surface area contributed by atoms with Crippen molar-refractivity contribution in [1.82, 2.24) is 0 Å². The summed E-state index contributed by atoms with van der Waals surface area (Å²) < 4.78 is 5.32. The van der Waals surface area contributed by atoms with Crippen molar-refractivity contribution in [3.63, 3.8) is 0 Å². The van der Waals surface area contributed by atoms with Gasteiger partial charge in [0.2, 0.25) is 0 Å². The summed E-state index contributed by atoms with van der Waals surface area (Å²) in [5.41, 5.74) is 6.57. The van der Waals surface area contributed by atoms with Gasteiger partial charge in [-0.1, -0.05) is 0 Å². The number of nitrogens with two attached hydrogens (primary N) is 1. The van der Waals surface area contributed by atoms with Crippen LogP contribution >= 0.6 is 23.1 Å². The molecule has 16 heavy (non-hydrogen) atoms. The van der Waals surface area contributed by atoms with Crippen molar-refractivity contribution >= 4 is 33.8 Å². The fourth-order valence-electron chi connectivity index (χ4n) is 1.67. The molecule has 1 aliphatic rings. The Hall–Kier alpha value is -0.900. The van der Waals surface area contributed by atoms with Crippen molar-refractivity contribution < 1.29 is 4.74 Å². The molecule has 2 heterocycles. The van der Waals surface area contributed by atoms with E-state index in [1.165, 1.54) is 11.3 Å². The Labute approximate surface area is 103 Å². The van der Waals surface area contributed by atoms with E-state index >= 15 is 0 Å². The molecule has 1 fully saturated rings. The summed E-state index contributed by atoms with van der Waals surface area (Å²) in [5.74, 6) is 0. The molecular formula is C10H13N3OS2. The molecular weight excluding hydrogens is 242 g/mol. The van der Waals surface area contributed by atoms with Gasteiger partial charge in [0.25, 0.3) is 0 Å². The number of ether oxygens (including phenoxy) is 1. The number of nitrogen functional groups attached to an aromatic ring is 1. The van der Waals surface area contributed by atoms with Crippen LogP contribution in [-0.4, -0.2) is 32.6 Å². The van der Waals surface area contributed by atoms with Gasteiger partial charge in [0, 0.05) is 13.1 Å². The van der Waals surface area contributed by atoms with E-state index in [-0.39, 0.29) is 0 Å². The molecule has 0 unspecified atom stereocenters. The number of nitriles is 1. The molecule has 0 atom stereocenters. The first-order valence-electron chi connectivity index (χ1n) is 4.97. The van der Waals surface area contributed by atoms with Crippen molar-refractivity contribution in [2.75, 3.05) is 43.2 Å². The van der Waals surface area contributed by atoms with E-state index in [2.05, 4.69) is 11.0 Å². The van der Waals surface area contributed by atoms with Crippen LogP contribution in [0.3, 0.4) is 0 Å². The highest BCUT2D eigenvalue weighted by Crippen LogP contribution is 2.43. The first-order chi connectivity index (χ1) is 7.77. The van der Waals surface area contributed by atoms with E-state index in [4.69, 9.17) is 15.7 Å². The van der Waals surface area contributed by atoms with E-state index in [0.717, 1.165) is 36.2 Å². The number of rotatable bonds is 2. The minimum atomic E-state index is 0.617. The van der Waals surface area contributed by atoms with Crippen LogP contribution in [0.1, 0.15) is 4.88 Å². The van der Waals surface area contributed by atoms with Gasteiger partial charge in [-0.15, -0.1) is 23.1 Å². The third-order valence-corrected chi connectivity index (χ3v) is 4.61. The number of hydrogen-bond donors (Lipinski definition) is 1. The average Bonchev–Trinajstić information content (AvgIpc) is 2.66. The SMILES string of the molecule is CSc1c(N2CCOCC2)sc(C#N)c1N. The molecule has 0 amide bonds. The van der Waals surface area contributed by atoms with Gasteiger partial charge < -0.3 is 15.4 Å². The second-order valence-electron chi connectivity index (χ2n) is 3.39. The molecule has 0 aromatic carbocycles. The minimum Gasteiger partial charge on any atom is -0.396 e. The lowest BCUT2D eigenvalue weighted by atomic mass is 10.4. The van der Waals surface area contributed by atoms with Crippen LogP contribution in [0.2, 0.25) is 0 Å². The van der Waals surface area contributed by atoms with Gasteiger partial charge in [0.05, 0.1) is 23.8 Å². The molecule has 1 aromatic heterocycles.